The van der Waals surface area contributed by atoms with Crippen molar-refractivity contribution in [2.24, 2.45) is 0 Å². The van der Waals surface area contributed by atoms with E-state index in [1.807, 2.05) is 0 Å². The largest absolute Gasteiger partial charge is 0.335 e. The van der Waals surface area contributed by atoms with Crippen molar-refractivity contribution >= 4 is 57.2 Å². The molecule has 6 aromatic carbocycles. The maximum absolute atomic E-state index is 10.4. The van der Waals surface area contributed by atoms with E-state index in [9.17, 15) is 4.11 Å². The molecule has 4 heteroatoms. The molecular weight excluding hydrogens is 930 g/mol. The molecule has 3 nitrogen and oxygen atoms in total. The lowest BCUT2D eigenvalue weighted by atomic mass is 9.32. The van der Waals surface area contributed by atoms with Crippen molar-refractivity contribution in [1.82, 2.24) is 0 Å². The molecule has 4 unspecified atom stereocenters. The first-order chi connectivity index (χ1) is 37.2. The molecule has 0 saturated heterocycles. The zero-order valence-electron chi connectivity index (χ0n) is 53.2. The van der Waals surface area contributed by atoms with E-state index < -0.39 is 21.8 Å². The van der Waals surface area contributed by atoms with Crippen LogP contribution in [0.3, 0.4) is 0 Å². The first-order valence-corrected chi connectivity index (χ1v) is 29.7. The fourth-order valence-electron chi connectivity index (χ4n) is 16.5. The van der Waals surface area contributed by atoms with E-state index in [4.69, 9.17) is 0 Å². The van der Waals surface area contributed by atoms with Crippen LogP contribution < -0.4 is 25.6 Å². The van der Waals surface area contributed by atoms with E-state index in [0.717, 1.165) is 55.5 Å². The van der Waals surface area contributed by atoms with Crippen LogP contribution in [-0.4, -0.2) is 17.8 Å². The van der Waals surface area contributed by atoms with Crippen molar-refractivity contribution in [3.8, 4) is 11.1 Å². The molecule has 6 aromatic rings. The molecule has 4 aliphatic heterocycles. The van der Waals surface area contributed by atoms with E-state index >= 15 is 0 Å². The van der Waals surface area contributed by atoms with E-state index in [2.05, 4.69) is 230 Å². The number of allylic oxidation sites excluding steroid dienone is 1. The van der Waals surface area contributed by atoms with Gasteiger partial charge >= 0.3 is 0 Å². The number of fused-ring (bicyclic) bond motifs is 11. The Balaban J connectivity index is 1.24. The fraction of sp³-hybridized carbons (Fsp3) is 0.479. The van der Waals surface area contributed by atoms with Gasteiger partial charge in [0.15, 0.2) is 0 Å². The minimum atomic E-state index is -0.476. The average Bonchev–Trinajstić information content (AvgIpc) is 4.09. The average molecular weight is 1020 g/mol. The Morgan fingerprint density at radius 3 is 1.66 bits per heavy atom. The Morgan fingerprint density at radius 1 is 0.481 bits per heavy atom. The van der Waals surface area contributed by atoms with Gasteiger partial charge in [-0.15, -0.1) is 0 Å². The summed E-state index contributed by atoms with van der Waals surface area (Å²) in [5.41, 5.74) is 22.5. The van der Waals surface area contributed by atoms with Gasteiger partial charge in [-0.1, -0.05) is 215 Å². The Morgan fingerprint density at radius 2 is 1.04 bits per heavy atom. The highest BCUT2D eigenvalue weighted by Gasteiger charge is 2.64. The van der Waals surface area contributed by atoms with Crippen LogP contribution in [0.25, 0.3) is 16.6 Å². The molecule has 2 fully saturated rings. The summed E-state index contributed by atoms with van der Waals surface area (Å²) in [6.07, 6.45) is 8.59. The second kappa shape index (κ2) is 15.9. The molecular formula is C73H88BN3. The summed E-state index contributed by atoms with van der Waals surface area (Å²) in [6.45, 7) is 42.7. The minimum Gasteiger partial charge on any atom is -0.335 e. The topological polar surface area (TPSA) is 9.72 Å². The van der Waals surface area contributed by atoms with Gasteiger partial charge in [-0.25, -0.2) is 0 Å². The fourth-order valence-corrected chi connectivity index (χ4v) is 16.5. The molecule has 398 valence electrons. The zero-order valence-corrected chi connectivity index (χ0v) is 50.2. The van der Waals surface area contributed by atoms with Gasteiger partial charge in [0.1, 0.15) is 0 Å². The van der Waals surface area contributed by atoms with Crippen molar-refractivity contribution < 1.29 is 4.11 Å². The number of benzene rings is 6. The third-order valence-electron chi connectivity index (χ3n) is 21.5. The SMILES string of the molecule is [2H]c1c([2H])c(C(C)(C)C)c([2H])c2c1N(c1cc3c4c(c1)N1c5c(cc(C(C)(C)C)cc5C5(C)CCCCC15C)B4C1=C(N3c3ccc(C(C)(C)C)cc3-c3ccccc3)C(C)(C)c3ccc(C(C)(C)C)cc31)C1(C)CCCCC21C. The summed E-state index contributed by atoms with van der Waals surface area (Å²) in [5, 5.41) is 0. The summed E-state index contributed by atoms with van der Waals surface area (Å²) in [4.78, 5) is 8.21. The standard InChI is InChI=1S/C73H88BN3/c1-65(2,3)46-28-31-53-52(39-46)61-64(69(53,13)14)75(57-32-29-47(66(4,5)6)38-51(57)45-26-20-19-21-27-45)59-43-50(76-58-33-30-48(67(7,8)9)40-54(58)70(15)34-22-24-36-72(70,76)17)44-60-62(59)74(61)56-42-49(68(10,11)12)41-55-63(56)77(60)73(18)37-25-23-35-71(55,73)16/h19-21,26-33,38-44H,22-25,34-37H2,1-18H3/i30D,33D,40D. The second-order valence-corrected chi connectivity index (χ2v) is 30.6. The summed E-state index contributed by atoms with van der Waals surface area (Å²) >= 11 is 0. The van der Waals surface area contributed by atoms with Gasteiger partial charge in [0.2, 0.25) is 0 Å². The highest BCUT2D eigenvalue weighted by Crippen LogP contribution is 2.67. The molecule has 77 heavy (non-hydrogen) atoms. The molecule has 7 aliphatic rings. The van der Waals surface area contributed by atoms with Crippen LogP contribution in [0.15, 0.2) is 115 Å². The predicted molar refractivity (Wildman–Crippen MR) is 332 cm³/mol. The summed E-state index contributed by atoms with van der Waals surface area (Å²) < 4.78 is 30.6. The molecule has 0 N–H and O–H groups in total. The van der Waals surface area contributed by atoms with Gasteiger partial charge in [-0.05, 0) is 158 Å². The number of hydrogen-bond donors (Lipinski definition) is 0. The molecule has 0 radical (unpaired) electrons. The summed E-state index contributed by atoms with van der Waals surface area (Å²) in [5.74, 6) is 0. The molecule has 0 bridgehead atoms. The quantitative estimate of drug-likeness (QED) is 0.164. The van der Waals surface area contributed by atoms with Gasteiger partial charge < -0.3 is 14.7 Å². The smallest absolute Gasteiger partial charge is 0.252 e. The van der Waals surface area contributed by atoms with Crippen LogP contribution in [0.2, 0.25) is 0 Å². The van der Waals surface area contributed by atoms with E-state index in [0.29, 0.717) is 11.6 Å². The van der Waals surface area contributed by atoms with Crippen LogP contribution in [0.1, 0.15) is 225 Å². The lowest BCUT2D eigenvalue weighted by Gasteiger charge is -2.54. The van der Waals surface area contributed by atoms with Gasteiger partial charge in [0, 0.05) is 55.9 Å². The van der Waals surface area contributed by atoms with Crippen LogP contribution in [0.5, 0.6) is 0 Å². The summed E-state index contributed by atoms with van der Waals surface area (Å²) in [7, 11) is 0. The maximum atomic E-state index is 10.4. The number of nitrogens with zero attached hydrogens (tertiary/aromatic N) is 3. The van der Waals surface area contributed by atoms with Gasteiger partial charge in [-0.3, -0.25) is 0 Å². The lowest BCUT2D eigenvalue weighted by molar-refractivity contribution is 0.194. The number of hydrogen-bond acceptors (Lipinski definition) is 3. The van der Waals surface area contributed by atoms with Crippen LogP contribution >= 0.6 is 0 Å². The molecule has 0 aromatic heterocycles. The normalized spacial score (nSPS) is 26.3. The van der Waals surface area contributed by atoms with E-state index in [1.54, 1.807) is 0 Å². The van der Waals surface area contributed by atoms with E-state index in [-0.39, 0.29) is 46.0 Å². The third-order valence-corrected chi connectivity index (χ3v) is 21.5. The van der Waals surface area contributed by atoms with Gasteiger partial charge in [0.05, 0.1) is 20.9 Å². The van der Waals surface area contributed by atoms with Crippen molar-refractivity contribution in [1.29, 1.82) is 0 Å². The first-order valence-electron chi connectivity index (χ1n) is 31.2. The highest BCUT2D eigenvalue weighted by molar-refractivity contribution is 7.03. The monoisotopic (exact) mass is 1020 g/mol. The van der Waals surface area contributed by atoms with Crippen molar-refractivity contribution in [2.75, 3.05) is 14.7 Å². The van der Waals surface area contributed by atoms with E-state index in [1.165, 1.54) is 102 Å². The lowest BCUT2D eigenvalue weighted by Crippen LogP contribution is -2.61. The molecule has 4 heterocycles. The summed E-state index contributed by atoms with van der Waals surface area (Å²) in [6, 6.07) is 37.3. The molecule has 0 spiro atoms. The van der Waals surface area contributed by atoms with Gasteiger partial charge in [0.25, 0.3) is 6.71 Å². The first kappa shape index (κ1) is 47.5. The minimum absolute atomic E-state index is 0.0638. The second-order valence-electron chi connectivity index (χ2n) is 30.6. The zero-order chi connectivity index (χ0) is 57.4. The van der Waals surface area contributed by atoms with Crippen molar-refractivity contribution in [3.63, 3.8) is 0 Å². The number of rotatable bonds is 3. The van der Waals surface area contributed by atoms with Crippen molar-refractivity contribution in [2.45, 2.75) is 225 Å². The van der Waals surface area contributed by atoms with Crippen LogP contribution in [0, 0.1) is 0 Å². The van der Waals surface area contributed by atoms with Crippen LogP contribution in [0.4, 0.5) is 34.1 Å². The Kier molecular flexibility index (Phi) is 9.80. The highest BCUT2D eigenvalue weighted by atomic mass is 15.3. The molecule has 2 saturated carbocycles. The molecule has 13 rings (SSSR count). The molecule has 3 aliphatic carbocycles. The van der Waals surface area contributed by atoms with Gasteiger partial charge in [-0.2, -0.15) is 0 Å². The Labute approximate surface area is 469 Å². The van der Waals surface area contributed by atoms with Crippen LogP contribution in [-0.2, 0) is 37.9 Å². The Hall–Kier alpha value is -5.48. The molecule has 4 atom stereocenters. The van der Waals surface area contributed by atoms with Crippen molar-refractivity contribution in [3.05, 3.63) is 159 Å². The molecule has 0 amide bonds. The Bertz CT molecular complexity index is 3710. The number of anilines is 6. The predicted octanol–water partition coefficient (Wildman–Crippen LogP) is 18.3. The maximum Gasteiger partial charge on any atom is 0.252 e. The third kappa shape index (κ3) is 6.75.